The summed E-state index contributed by atoms with van der Waals surface area (Å²) in [5.74, 6) is -2.57. The van der Waals surface area contributed by atoms with Crippen LogP contribution in [0.5, 0.6) is 0 Å². The van der Waals surface area contributed by atoms with E-state index < -0.39 is 71.1 Å². The number of nitrogens with zero attached hydrogens (tertiary/aromatic N) is 1. The van der Waals surface area contributed by atoms with Crippen LogP contribution in [0.3, 0.4) is 0 Å². The van der Waals surface area contributed by atoms with Crippen molar-refractivity contribution in [3.63, 3.8) is 0 Å². The van der Waals surface area contributed by atoms with Crippen molar-refractivity contribution in [1.29, 1.82) is 0 Å². The lowest BCUT2D eigenvalue weighted by molar-refractivity contribution is -0.384. The number of carboxylic acids is 1. The number of ether oxygens (including phenoxy) is 2. The number of halogens is 2. The highest BCUT2D eigenvalue weighted by Crippen LogP contribution is 2.31. The average molecular weight is 499 g/mol. The molecule has 1 aromatic carbocycles. The van der Waals surface area contributed by atoms with Gasteiger partial charge in [-0.25, -0.2) is 4.79 Å². The van der Waals surface area contributed by atoms with Crippen molar-refractivity contribution < 1.29 is 49.5 Å². The standard InChI is InChI=1S/C17H20Cl2N2O11/c18-14(19)15(26)20-8(5-22)12(6-1-3-7(4-2-6)21(29)30)31-17-11(25)9(23)10(24)13(32-17)16(27)28/h1-4,8-14,17,22-25H,5H2,(H,20,26)(H,27,28)/t8-,9+,10+,11-,12-,13+,17-/m1/s1. The van der Waals surface area contributed by atoms with Crippen molar-refractivity contribution >= 4 is 40.8 Å². The maximum Gasteiger partial charge on any atom is 0.335 e. The van der Waals surface area contributed by atoms with Gasteiger partial charge in [0.1, 0.15) is 24.4 Å². The van der Waals surface area contributed by atoms with E-state index in [1.165, 1.54) is 12.1 Å². The lowest BCUT2D eigenvalue weighted by atomic mass is 9.98. The van der Waals surface area contributed by atoms with Gasteiger partial charge in [-0.3, -0.25) is 14.9 Å². The second-order valence-electron chi connectivity index (χ2n) is 6.74. The Morgan fingerprint density at radius 3 is 2.22 bits per heavy atom. The van der Waals surface area contributed by atoms with Crippen molar-refractivity contribution in [2.24, 2.45) is 0 Å². The number of non-ortho nitro benzene ring substituents is 1. The summed E-state index contributed by atoms with van der Waals surface area (Å²) in [6.45, 7) is -0.774. The van der Waals surface area contributed by atoms with Gasteiger partial charge in [0.2, 0.25) is 0 Å². The molecule has 2 rings (SSSR count). The molecule has 0 aromatic heterocycles. The molecule has 0 unspecified atom stereocenters. The molecule has 1 aliphatic heterocycles. The summed E-state index contributed by atoms with van der Waals surface area (Å²) in [5.41, 5.74) is -0.143. The fourth-order valence-corrected chi connectivity index (χ4v) is 3.09. The SMILES string of the molecule is O=C(N[C@H](CO)[C@H](O[C@@H]1O[C@H](C(=O)O)[C@@H](O)[C@H](O)[C@H]1O)c1ccc([N+](=O)[O-])cc1)C(Cl)Cl. The van der Waals surface area contributed by atoms with E-state index in [2.05, 4.69) is 5.32 Å². The number of amides is 1. The van der Waals surface area contributed by atoms with E-state index in [4.69, 9.17) is 32.7 Å². The third-order valence-corrected chi connectivity index (χ3v) is 5.01. The molecule has 32 heavy (non-hydrogen) atoms. The quantitative estimate of drug-likeness (QED) is 0.135. The van der Waals surface area contributed by atoms with Crippen molar-refractivity contribution in [1.82, 2.24) is 5.32 Å². The average Bonchev–Trinajstić information content (AvgIpc) is 2.75. The number of nitro groups is 1. The van der Waals surface area contributed by atoms with E-state index in [1.54, 1.807) is 0 Å². The number of aliphatic carboxylic acids is 1. The van der Waals surface area contributed by atoms with Gasteiger partial charge in [-0.1, -0.05) is 23.2 Å². The van der Waals surface area contributed by atoms with Crippen LogP contribution >= 0.6 is 23.2 Å². The number of carbonyl (C=O) groups is 2. The molecule has 0 saturated carbocycles. The largest absolute Gasteiger partial charge is 0.479 e. The number of rotatable bonds is 9. The summed E-state index contributed by atoms with van der Waals surface area (Å²) in [6.07, 6.45) is -11.1. The highest BCUT2D eigenvalue weighted by Gasteiger charge is 2.48. The van der Waals surface area contributed by atoms with Crippen LogP contribution in [0.15, 0.2) is 24.3 Å². The van der Waals surface area contributed by atoms with Gasteiger partial charge in [0.15, 0.2) is 17.2 Å². The molecule has 0 aliphatic carbocycles. The van der Waals surface area contributed by atoms with Gasteiger partial charge in [-0.2, -0.15) is 0 Å². The Balaban J connectivity index is 2.39. The summed E-state index contributed by atoms with van der Waals surface area (Å²) in [7, 11) is 0. The number of hydrogen-bond acceptors (Lipinski definition) is 10. The van der Waals surface area contributed by atoms with E-state index in [0.717, 1.165) is 12.1 Å². The van der Waals surface area contributed by atoms with Gasteiger partial charge in [0.05, 0.1) is 17.6 Å². The highest BCUT2D eigenvalue weighted by molar-refractivity contribution is 6.53. The van der Waals surface area contributed by atoms with Crippen LogP contribution in [0.25, 0.3) is 0 Å². The first-order chi connectivity index (χ1) is 15.0. The molecule has 15 heteroatoms. The zero-order valence-corrected chi connectivity index (χ0v) is 17.5. The molecule has 0 spiro atoms. The summed E-state index contributed by atoms with van der Waals surface area (Å²) in [5, 5.41) is 62.1. The Morgan fingerprint density at radius 2 is 1.75 bits per heavy atom. The van der Waals surface area contributed by atoms with Gasteiger partial charge >= 0.3 is 5.97 Å². The van der Waals surface area contributed by atoms with E-state index in [9.17, 15) is 45.2 Å². The van der Waals surface area contributed by atoms with E-state index in [1.807, 2.05) is 0 Å². The number of hydrogen-bond donors (Lipinski definition) is 6. The maximum atomic E-state index is 11.9. The second kappa shape index (κ2) is 11.2. The van der Waals surface area contributed by atoms with Gasteiger partial charge in [0.25, 0.3) is 11.6 Å². The minimum atomic E-state index is -1.97. The van der Waals surface area contributed by atoms with Crippen molar-refractivity contribution in [3.05, 3.63) is 39.9 Å². The number of aliphatic hydroxyl groups excluding tert-OH is 4. The van der Waals surface area contributed by atoms with Crippen LogP contribution in [0.1, 0.15) is 11.7 Å². The van der Waals surface area contributed by atoms with Crippen molar-refractivity contribution in [2.45, 2.75) is 47.7 Å². The fraction of sp³-hybridized carbons (Fsp3) is 0.529. The highest BCUT2D eigenvalue weighted by atomic mass is 35.5. The Hall–Kier alpha value is -2.10. The van der Waals surface area contributed by atoms with E-state index in [0.29, 0.717) is 0 Å². The minimum Gasteiger partial charge on any atom is -0.479 e. The Morgan fingerprint density at radius 1 is 1.16 bits per heavy atom. The number of alkyl halides is 2. The van der Waals surface area contributed by atoms with Crippen LogP contribution in [0.2, 0.25) is 0 Å². The van der Waals surface area contributed by atoms with Crippen LogP contribution in [-0.2, 0) is 19.1 Å². The molecule has 7 atom stereocenters. The maximum absolute atomic E-state index is 11.9. The summed E-state index contributed by atoms with van der Waals surface area (Å²) in [6, 6.07) is 3.36. The van der Waals surface area contributed by atoms with Gasteiger partial charge in [0, 0.05) is 12.1 Å². The Labute approximate surface area is 190 Å². The molecule has 178 valence electrons. The molecule has 1 amide bonds. The Kier molecular flexibility index (Phi) is 9.12. The van der Waals surface area contributed by atoms with Crippen LogP contribution in [0.4, 0.5) is 5.69 Å². The first-order valence-electron chi connectivity index (χ1n) is 8.99. The van der Waals surface area contributed by atoms with Crippen LogP contribution < -0.4 is 5.32 Å². The molecule has 1 aromatic rings. The number of aliphatic hydroxyl groups is 4. The predicted octanol–water partition coefficient (Wildman–Crippen LogP) is -1.17. The van der Waals surface area contributed by atoms with Crippen LogP contribution in [0, 0.1) is 10.1 Å². The van der Waals surface area contributed by atoms with Crippen molar-refractivity contribution in [3.8, 4) is 0 Å². The third-order valence-electron chi connectivity index (χ3n) is 4.61. The molecule has 1 heterocycles. The monoisotopic (exact) mass is 498 g/mol. The number of nitrogens with one attached hydrogen (secondary N) is 1. The fourth-order valence-electron chi connectivity index (χ4n) is 2.96. The number of nitro benzene ring substituents is 1. The lowest BCUT2D eigenvalue weighted by Gasteiger charge is -2.41. The molecular weight excluding hydrogens is 479 g/mol. The van der Waals surface area contributed by atoms with Gasteiger partial charge in [-0.15, -0.1) is 0 Å². The number of carbonyl (C=O) groups excluding carboxylic acids is 1. The first-order valence-corrected chi connectivity index (χ1v) is 9.86. The summed E-state index contributed by atoms with van der Waals surface area (Å²) >= 11 is 11.0. The zero-order valence-electron chi connectivity index (χ0n) is 16.0. The van der Waals surface area contributed by atoms with Crippen molar-refractivity contribution in [2.75, 3.05) is 6.61 Å². The first kappa shape index (κ1) is 26.2. The lowest BCUT2D eigenvalue weighted by Crippen LogP contribution is -2.61. The number of carboxylic acid groups (broad SMARTS) is 1. The minimum absolute atomic E-state index is 0.138. The molecule has 1 fully saturated rings. The normalized spacial score (nSPS) is 27.5. The number of benzene rings is 1. The van der Waals surface area contributed by atoms with E-state index in [-0.39, 0.29) is 11.3 Å². The summed E-state index contributed by atoms with van der Waals surface area (Å²) < 4.78 is 10.7. The van der Waals surface area contributed by atoms with Gasteiger partial charge in [-0.05, 0) is 17.7 Å². The molecule has 0 radical (unpaired) electrons. The van der Waals surface area contributed by atoms with Gasteiger partial charge < -0.3 is 40.3 Å². The molecule has 6 N–H and O–H groups in total. The second-order valence-corrected chi connectivity index (χ2v) is 7.84. The van der Waals surface area contributed by atoms with E-state index >= 15 is 0 Å². The molecule has 1 saturated heterocycles. The molecule has 0 bridgehead atoms. The molecular formula is C17H20Cl2N2O11. The predicted molar refractivity (Wildman–Crippen MR) is 106 cm³/mol. The Bertz CT molecular complexity index is 825. The zero-order chi connectivity index (χ0) is 24.2. The summed E-state index contributed by atoms with van der Waals surface area (Å²) in [4.78, 5) is 31.9. The smallest absolute Gasteiger partial charge is 0.335 e. The molecule has 1 aliphatic rings. The van der Waals surface area contributed by atoms with Crippen LogP contribution in [-0.4, -0.2) is 90.5 Å². The molecule has 13 nitrogen and oxygen atoms in total. The third kappa shape index (κ3) is 6.02. The topological polar surface area (TPSA) is 209 Å².